The summed E-state index contributed by atoms with van der Waals surface area (Å²) in [5.74, 6) is 0.193. The Labute approximate surface area is 115 Å². The van der Waals surface area contributed by atoms with Crippen LogP contribution in [0, 0.1) is 11.6 Å². The van der Waals surface area contributed by atoms with Crippen LogP contribution in [0.5, 0.6) is 11.5 Å². The van der Waals surface area contributed by atoms with E-state index in [2.05, 4.69) is 5.32 Å². The van der Waals surface area contributed by atoms with Crippen LogP contribution in [0.4, 0.5) is 14.5 Å². The normalized spacial score (nSPS) is 16.9. The molecule has 1 atom stereocenters. The summed E-state index contributed by atoms with van der Waals surface area (Å²) in [7, 11) is 1.48. The molecule has 2 aromatic rings. The molecule has 104 valence electrons. The number of fused-ring (bicyclic) bond motifs is 1. The molecule has 0 spiro atoms. The summed E-state index contributed by atoms with van der Waals surface area (Å²) >= 11 is 0. The fourth-order valence-corrected chi connectivity index (χ4v) is 2.31. The van der Waals surface area contributed by atoms with Crippen molar-refractivity contribution in [3.05, 3.63) is 53.6 Å². The van der Waals surface area contributed by atoms with Crippen LogP contribution in [0.1, 0.15) is 11.7 Å². The molecule has 0 fully saturated rings. The predicted molar refractivity (Wildman–Crippen MR) is 71.2 cm³/mol. The summed E-state index contributed by atoms with van der Waals surface area (Å²) in [5.41, 5.74) is 0.925. The number of anilines is 1. The van der Waals surface area contributed by atoms with E-state index >= 15 is 0 Å². The molecule has 1 aliphatic heterocycles. The molecule has 2 aromatic carbocycles. The molecule has 0 radical (unpaired) electrons. The van der Waals surface area contributed by atoms with E-state index in [0.717, 1.165) is 0 Å². The second-order valence-electron chi connectivity index (χ2n) is 4.48. The van der Waals surface area contributed by atoms with Crippen molar-refractivity contribution >= 4 is 5.69 Å². The molecule has 5 heteroatoms. The average molecular weight is 277 g/mol. The first-order valence-electron chi connectivity index (χ1n) is 6.21. The number of nitrogens with one attached hydrogen (secondary N) is 1. The zero-order valence-corrected chi connectivity index (χ0v) is 10.8. The highest BCUT2D eigenvalue weighted by Crippen LogP contribution is 2.38. The molecule has 0 amide bonds. The van der Waals surface area contributed by atoms with E-state index in [0.29, 0.717) is 29.3 Å². The van der Waals surface area contributed by atoms with Gasteiger partial charge in [0.1, 0.15) is 29.2 Å². The summed E-state index contributed by atoms with van der Waals surface area (Å²) < 4.78 is 38.1. The lowest BCUT2D eigenvalue weighted by atomic mass is 10.1. The standard InChI is InChI=1S/C15H13F2NO2/c1-19-13-4-2-3-10(17)15(13)14-8-18-11-7-9(16)5-6-12(11)20-14/h2-7,14,18H,8H2,1H3. The molecular formula is C15H13F2NO2. The molecule has 0 aromatic heterocycles. The Morgan fingerprint density at radius 2 is 2.10 bits per heavy atom. The Morgan fingerprint density at radius 3 is 2.90 bits per heavy atom. The van der Waals surface area contributed by atoms with Crippen molar-refractivity contribution in [2.24, 2.45) is 0 Å². The van der Waals surface area contributed by atoms with E-state index in [1.807, 2.05) is 0 Å². The Morgan fingerprint density at radius 1 is 1.25 bits per heavy atom. The van der Waals surface area contributed by atoms with Gasteiger partial charge in [0, 0.05) is 6.07 Å². The third kappa shape index (κ3) is 2.15. The second kappa shape index (κ2) is 5.00. The van der Waals surface area contributed by atoms with Crippen LogP contribution in [-0.4, -0.2) is 13.7 Å². The van der Waals surface area contributed by atoms with Crippen LogP contribution in [0.3, 0.4) is 0 Å². The van der Waals surface area contributed by atoms with Gasteiger partial charge in [-0.05, 0) is 24.3 Å². The van der Waals surface area contributed by atoms with Gasteiger partial charge in [0.25, 0.3) is 0 Å². The lowest BCUT2D eigenvalue weighted by Crippen LogP contribution is -2.25. The van der Waals surface area contributed by atoms with Gasteiger partial charge in [0.2, 0.25) is 0 Å². The summed E-state index contributed by atoms with van der Waals surface area (Å²) in [6.07, 6.45) is -0.524. The third-order valence-electron chi connectivity index (χ3n) is 3.24. The highest BCUT2D eigenvalue weighted by atomic mass is 19.1. The number of hydrogen-bond donors (Lipinski definition) is 1. The molecule has 1 aliphatic rings. The van der Waals surface area contributed by atoms with E-state index in [-0.39, 0.29) is 11.6 Å². The number of rotatable bonds is 2. The minimum absolute atomic E-state index is 0.341. The lowest BCUT2D eigenvalue weighted by Gasteiger charge is -2.28. The van der Waals surface area contributed by atoms with E-state index < -0.39 is 6.10 Å². The van der Waals surface area contributed by atoms with Gasteiger partial charge in [-0.15, -0.1) is 0 Å². The monoisotopic (exact) mass is 277 g/mol. The number of benzene rings is 2. The fraction of sp³-hybridized carbons (Fsp3) is 0.200. The first-order chi connectivity index (χ1) is 9.69. The van der Waals surface area contributed by atoms with Crippen molar-refractivity contribution in [3.63, 3.8) is 0 Å². The van der Waals surface area contributed by atoms with Crippen LogP contribution in [0.25, 0.3) is 0 Å². The van der Waals surface area contributed by atoms with Gasteiger partial charge in [-0.3, -0.25) is 0 Å². The topological polar surface area (TPSA) is 30.5 Å². The molecule has 1 N–H and O–H groups in total. The van der Waals surface area contributed by atoms with E-state index in [1.165, 1.54) is 31.4 Å². The largest absolute Gasteiger partial charge is 0.496 e. The first-order valence-corrected chi connectivity index (χ1v) is 6.21. The molecule has 0 saturated carbocycles. The van der Waals surface area contributed by atoms with Crippen LogP contribution in [0.15, 0.2) is 36.4 Å². The molecule has 1 unspecified atom stereocenters. The van der Waals surface area contributed by atoms with Gasteiger partial charge in [-0.1, -0.05) is 6.07 Å². The smallest absolute Gasteiger partial charge is 0.147 e. The van der Waals surface area contributed by atoms with Crippen LogP contribution >= 0.6 is 0 Å². The average Bonchev–Trinajstić information content (AvgIpc) is 2.46. The Bertz CT molecular complexity index is 646. The molecule has 0 saturated heterocycles. The van der Waals surface area contributed by atoms with Crippen molar-refractivity contribution in [2.45, 2.75) is 6.10 Å². The molecular weight excluding hydrogens is 264 g/mol. The van der Waals surface area contributed by atoms with Crippen molar-refractivity contribution in [2.75, 3.05) is 19.0 Å². The fourth-order valence-electron chi connectivity index (χ4n) is 2.31. The van der Waals surface area contributed by atoms with Gasteiger partial charge in [0.15, 0.2) is 0 Å². The molecule has 1 heterocycles. The summed E-state index contributed by atoms with van der Waals surface area (Å²) in [5, 5.41) is 3.04. The van der Waals surface area contributed by atoms with Crippen LogP contribution in [0.2, 0.25) is 0 Å². The quantitative estimate of drug-likeness (QED) is 0.911. The van der Waals surface area contributed by atoms with Crippen molar-refractivity contribution in [3.8, 4) is 11.5 Å². The maximum atomic E-state index is 14.0. The zero-order valence-electron chi connectivity index (χ0n) is 10.8. The van der Waals surface area contributed by atoms with Crippen LogP contribution in [-0.2, 0) is 0 Å². The van der Waals surface area contributed by atoms with E-state index in [1.54, 1.807) is 12.1 Å². The van der Waals surface area contributed by atoms with Gasteiger partial charge in [-0.25, -0.2) is 8.78 Å². The van der Waals surface area contributed by atoms with E-state index in [4.69, 9.17) is 9.47 Å². The SMILES string of the molecule is COc1cccc(F)c1C1CNc2cc(F)ccc2O1. The Balaban J connectivity index is 1.96. The minimum atomic E-state index is -0.524. The number of ether oxygens (including phenoxy) is 2. The maximum absolute atomic E-state index is 14.0. The number of methoxy groups -OCH3 is 1. The maximum Gasteiger partial charge on any atom is 0.147 e. The first kappa shape index (κ1) is 12.7. The molecule has 20 heavy (non-hydrogen) atoms. The van der Waals surface area contributed by atoms with Gasteiger partial charge in [-0.2, -0.15) is 0 Å². The predicted octanol–water partition coefficient (Wildman–Crippen LogP) is 3.52. The molecule has 3 rings (SSSR count). The highest BCUT2D eigenvalue weighted by Gasteiger charge is 2.26. The highest BCUT2D eigenvalue weighted by molar-refractivity contribution is 5.59. The number of hydrogen-bond acceptors (Lipinski definition) is 3. The molecule has 0 bridgehead atoms. The van der Waals surface area contributed by atoms with Crippen molar-refractivity contribution in [1.82, 2.24) is 0 Å². The second-order valence-corrected chi connectivity index (χ2v) is 4.48. The zero-order chi connectivity index (χ0) is 14.1. The van der Waals surface area contributed by atoms with Gasteiger partial charge >= 0.3 is 0 Å². The van der Waals surface area contributed by atoms with Gasteiger partial charge in [0.05, 0.1) is 24.9 Å². The van der Waals surface area contributed by atoms with Crippen molar-refractivity contribution < 1.29 is 18.3 Å². The summed E-state index contributed by atoms with van der Waals surface area (Å²) in [6.45, 7) is 0.341. The Hall–Kier alpha value is -2.30. The molecule has 0 aliphatic carbocycles. The van der Waals surface area contributed by atoms with Crippen molar-refractivity contribution in [1.29, 1.82) is 0 Å². The summed E-state index contributed by atoms with van der Waals surface area (Å²) in [6, 6.07) is 8.81. The summed E-state index contributed by atoms with van der Waals surface area (Å²) in [4.78, 5) is 0. The molecule has 3 nitrogen and oxygen atoms in total. The van der Waals surface area contributed by atoms with Crippen LogP contribution < -0.4 is 14.8 Å². The third-order valence-corrected chi connectivity index (χ3v) is 3.24. The lowest BCUT2D eigenvalue weighted by molar-refractivity contribution is 0.199. The number of halogens is 2. The van der Waals surface area contributed by atoms with Gasteiger partial charge < -0.3 is 14.8 Å². The Kier molecular flexibility index (Phi) is 3.18. The minimum Gasteiger partial charge on any atom is -0.496 e. The van der Waals surface area contributed by atoms with E-state index in [9.17, 15) is 8.78 Å².